The lowest BCUT2D eigenvalue weighted by Gasteiger charge is -2.15. The van der Waals surface area contributed by atoms with Gasteiger partial charge in [-0.05, 0) is 49.6 Å². The number of ether oxygens (including phenoxy) is 1. The molecule has 0 fully saturated rings. The standard InChI is InChI=1S/C13H18BrNO3.C6H5F/c1-2-18-12(9-13(16)15-17)8-5-10-3-6-11(14)7-4-10;7-6-4-2-1-3-5-6/h3-4,6-7,12,17H,2,5,8-9H2,1H3,(H,15,16);1-5H/t12-;/m0./s1. The fourth-order valence-electron chi connectivity index (χ4n) is 2.13. The molecule has 2 aromatic carbocycles. The average Bonchev–Trinajstić information content (AvgIpc) is 2.62. The first-order chi connectivity index (χ1) is 12.0. The fraction of sp³-hybridized carbons (Fsp3) is 0.316. The molecular formula is C19H23BrFNO3. The number of hydrogen-bond donors (Lipinski definition) is 2. The van der Waals surface area contributed by atoms with Crippen molar-refractivity contribution in [3.63, 3.8) is 0 Å². The van der Waals surface area contributed by atoms with Crippen LogP contribution in [-0.2, 0) is 16.0 Å². The van der Waals surface area contributed by atoms with Gasteiger partial charge in [-0.2, -0.15) is 0 Å². The topological polar surface area (TPSA) is 58.6 Å². The molecule has 0 unspecified atom stereocenters. The van der Waals surface area contributed by atoms with Gasteiger partial charge in [-0.25, -0.2) is 9.87 Å². The quantitative estimate of drug-likeness (QED) is 0.520. The van der Waals surface area contributed by atoms with E-state index in [4.69, 9.17) is 9.94 Å². The second-order valence-corrected chi connectivity index (χ2v) is 6.19. The molecule has 25 heavy (non-hydrogen) atoms. The van der Waals surface area contributed by atoms with Gasteiger partial charge in [0.15, 0.2) is 0 Å². The monoisotopic (exact) mass is 411 g/mol. The van der Waals surface area contributed by atoms with Crippen LogP contribution in [0.3, 0.4) is 0 Å². The molecule has 1 atom stereocenters. The van der Waals surface area contributed by atoms with Crippen LogP contribution in [0.5, 0.6) is 0 Å². The summed E-state index contributed by atoms with van der Waals surface area (Å²) in [6, 6.07) is 16.0. The highest BCUT2D eigenvalue weighted by Crippen LogP contribution is 2.14. The van der Waals surface area contributed by atoms with Crippen LogP contribution in [-0.4, -0.2) is 23.8 Å². The van der Waals surface area contributed by atoms with E-state index < -0.39 is 5.91 Å². The van der Waals surface area contributed by atoms with Crippen LogP contribution in [0.2, 0.25) is 0 Å². The zero-order valence-electron chi connectivity index (χ0n) is 14.1. The summed E-state index contributed by atoms with van der Waals surface area (Å²) in [6.07, 6.45) is 1.62. The third-order valence-electron chi connectivity index (χ3n) is 3.34. The van der Waals surface area contributed by atoms with Crippen molar-refractivity contribution in [2.75, 3.05) is 6.61 Å². The van der Waals surface area contributed by atoms with E-state index in [1.165, 1.54) is 17.7 Å². The maximum Gasteiger partial charge on any atom is 0.245 e. The maximum absolute atomic E-state index is 11.9. The van der Waals surface area contributed by atoms with E-state index in [0.29, 0.717) is 6.61 Å². The van der Waals surface area contributed by atoms with Crippen molar-refractivity contribution in [1.29, 1.82) is 0 Å². The Labute approximate surface area is 156 Å². The van der Waals surface area contributed by atoms with E-state index in [2.05, 4.69) is 15.9 Å². The third kappa shape index (κ3) is 9.96. The lowest BCUT2D eigenvalue weighted by Crippen LogP contribution is -2.26. The predicted octanol–water partition coefficient (Wildman–Crippen LogP) is 4.51. The summed E-state index contributed by atoms with van der Waals surface area (Å²) in [5, 5.41) is 8.51. The molecule has 0 radical (unpaired) electrons. The third-order valence-corrected chi connectivity index (χ3v) is 3.87. The first kappa shape index (κ1) is 21.3. The van der Waals surface area contributed by atoms with E-state index in [0.717, 1.165) is 17.3 Å². The van der Waals surface area contributed by atoms with Crippen LogP contribution in [0.4, 0.5) is 4.39 Å². The highest BCUT2D eigenvalue weighted by molar-refractivity contribution is 9.10. The largest absolute Gasteiger partial charge is 0.378 e. The number of nitrogens with one attached hydrogen (secondary N) is 1. The molecule has 0 bridgehead atoms. The van der Waals surface area contributed by atoms with E-state index in [9.17, 15) is 9.18 Å². The van der Waals surface area contributed by atoms with Gasteiger partial charge in [0.25, 0.3) is 0 Å². The summed E-state index contributed by atoms with van der Waals surface area (Å²) in [5.41, 5.74) is 2.84. The van der Waals surface area contributed by atoms with Gasteiger partial charge >= 0.3 is 0 Å². The number of hydrogen-bond acceptors (Lipinski definition) is 3. The van der Waals surface area contributed by atoms with Gasteiger partial charge in [0, 0.05) is 11.1 Å². The summed E-state index contributed by atoms with van der Waals surface area (Å²) < 4.78 is 18.4. The Hall–Kier alpha value is -1.76. The molecule has 0 saturated carbocycles. The fourth-order valence-corrected chi connectivity index (χ4v) is 2.39. The highest BCUT2D eigenvalue weighted by atomic mass is 79.9. The van der Waals surface area contributed by atoms with Crippen LogP contribution in [0, 0.1) is 5.82 Å². The van der Waals surface area contributed by atoms with E-state index in [1.807, 2.05) is 31.2 Å². The minimum Gasteiger partial charge on any atom is -0.378 e. The van der Waals surface area contributed by atoms with Gasteiger partial charge in [0.1, 0.15) is 5.82 Å². The summed E-state index contributed by atoms with van der Waals surface area (Å²) in [6.45, 7) is 2.45. The lowest BCUT2D eigenvalue weighted by atomic mass is 10.0. The second-order valence-electron chi connectivity index (χ2n) is 5.28. The molecule has 0 aromatic heterocycles. The molecular weight excluding hydrogens is 389 g/mol. The van der Waals surface area contributed by atoms with Crippen molar-refractivity contribution in [2.45, 2.75) is 32.3 Å². The van der Waals surface area contributed by atoms with Crippen LogP contribution in [0.1, 0.15) is 25.3 Å². The van der Waals surface area contributed by atoms with Crippen LogP contribution >= 0.6 is 15.9 Å². The molecule has 2 rings (SSSR count). The number of carbonyl (C=O) groups excluding carboxylic acids is 1. The van der Waals surface area contributed by atoms with Crippen LogP contribution in [0.15, 0.2) is 59.1 Å². The van der Waals surface area contributed by atoms with Crippen molar-refractivity contribution in [2.24, 2.45) is 0 Å². The van der Waals surface area contributed by atoms with Crippen LogP contribution < -0.4 is 5.48 Å². The molecule has 0 spiro atoms. The minimum atomic E-state index is -0.413. The second kappa shape index (κ2) is 12.6. The minimum absolute atomic E-state index is 0.161. The van der Waals surface area contributed by atoms with Crippen molar-refractivity contribution < 1.29 is 19.1 Å². The molecule has 0 heterocycles. The van der Waals surface area contributed by atoms with E-state index >= 15 is 0 Å². The Kier molecular flexibility index (Phi) is 10.7. The summed E-state index contributed by atoms with van der Waals surface area (Å²) in [7, 11) is 0. The molecule has 1 amide bonds. The molecule has 136 valence electrons. The highest BCUT2D eigenvalue weighted by Gasteiger charge is 2.13. The lowest BCUT2D eigenvalue weighted by molar-refractivity contribution is -0.132. The summed E-state index contributed by atoms with van der Waals surface area (Å²) in [4.78, 5) is 11.1. The number of carbonyl (C=O) groups is 1. The van der Waals surface area contributed by atoms with Gasteiger partial charge in [0.2, 0.25) is 5.91 Å². The number of hydroxylamine groups is 1. The predicted molar refractivity (Wildman–Crippen MR) is 98.8 cm³/mol. The van der Waals surface area contributed by atoms with Gasteiger partial charge < -0.3 is 4.74 Å². The molecule has 2 N–H and O–H groups in total. The molecule has 0 aliphatic carbocycles. The molecule has 0 aliphatic heterocycles. The maximum atomic E-state index is 11.9. The van der Waals surface area contributed by atoms with Crippen molar-refractivity contribution in [3.8, 4) is 0 Å². The first-order valence-corrected chi connectivity index (χ1v) is 8.84. The molecule has 0 saturated heterocycles. The molecule has 0 aliphatic rings. The van der Waals surface area contributed by atoms with Crippen molar-refractivity contribution in [1.82, 2.24) is 5.48 Å². The SMILES string of the molecule is CCO[C@@H](CCc1ccc(Br)cc1)CC(=O)NO.Fc1ccccc1. The zero-order chi connectivity index (χ0) is 18.5. The van der Waals surface area contributed by atoms with Crippen molar-refractivity contribution >= 4 is 21.8 Å². The van der Waals surface area contributed by atoms with E-state index in [1.54, 1.807) is 23.7 Å². The molecule has 2 aromatic rings. The summed E-state index contributed by atoms with van der Waals surface area (Å²) in [5.74, 6) is -0.591. The molecule has 4 nitrogen and oxygen atoms in total. The van der Waals surface area contributed by atoms with E-state index in [-0.39, 0.29) is 18.3 Å². The van der Waals surface area contributed by atoms with Crippen LogP contribution in [0.25, 0.3) is 0 Å². The average molecular weight is 412 g/mol. The number of aryl methyl sites for hydroxylation is 1. The summed E-state index contributed by atoms with van der Waals surface area (Å²) >= 11 is 3.39. The smallest absolute Gasteiger partial charge is 0.245 e. The zero-order valence-corrected chi connectivity index (χ0v) is 15.7. The normalized spacial score (nSPS) is 11.2. The van der Waals surface area contributed by atoms with Gasteiger partial charge in [0.05, 0.1) is 12.5 Å². The van der Waals surface area contributed by atoms with Crippen molar-refractivity contribution in [3.05, 3.63) is 70.5 Å². The first-order valence-electron chi connectivity index (χ1n) is 8.04. The Balaban J connectivity index is 0.000000370. The van der Waals surface area contributed by atoms with Gasteiger partial charge in [-0.1, -0.05) is 46.3 Å². The van der Waals surface area contributed by atoms with Gasteiger partial charge in [-0.15, -0.1) is 0 Å². The Morgan fingerprint density at radius 3 is 2.32 bits per heavy atom. The molecule has 6 heteroatoms. The Bertz CT molecular complexity index is 608. The Morgan fingerprint density at radius 1 is 1.20 bits per heavy atom. The van der Waals surface area contributed by atoms with Gasteiger partial charge in [-0.3, -0.25) is 10.0 Å². The number of amides is 1. The number of halogens is 2. The number of rotatable bonds is 7. The Morgan fingerprint density at radius 2 is 1.84 bits per heavy atom. The number of benzene rings is 2.